The van der Waals surface area contributed by atoms with Crippen LogP contribution < -0.4 is 10.1 Å². The van der Waals surface area contributed by atoms with E-state index in [-0.39, 0.29) is 5.91 Å². The fraction of sp³-hybridized carbons (Fsp3) is 0.231. The Kier molecular flexibility index (Phi) is 4.92. The molecular weight excluding hydrogens is 234 g/mol. The normalized spacial score (nSPS) is 10.3. The molecule has 5 heteroatoms. The zero-order valence-corrected chi connectivity index (χ0v) is 10.3. The molecule has 0 saturated heterocycles. The van der Waals surface area contributed by atoms with Gasteiger partial charge in [0.2, 0.25) is 5.91 Å². The van der Waals surface area contributed by atoms with Crippen LogP contribution in [0, 0.1) is 0 Å². The van der Waals surface area contributed by atoms with Crippen molar-refractivity contribution in [1.29, 1.82) is 0 Å². The third kappa shape index (κ3) is 3.93. The summed E-state index contributed by atoms with van der Waals surface area (Å²) < 4.78 is 5.14. The van der Waals surface area contributed by atoms with Crippen molar-refractivity contribution in [2.45, 2.75) is 13.3 Å². The lowest BCUT2D eigenvalue weighted by atomic mass is 10.1. The number of carbonyl (C=O) groups is 2. The van der Waals surface area contributed by atoms with Crippen molar-refractivity contribution in [2.24, 2.45) is 0 Å². The third-order valence-electron chi connectivity index (χ3n) is 2.24. The summed E-state index contributed by atoms with van der Waals surface area (Å²) in [5.41, 5.74) is 1.25. The fourth-order valence-electron chi connectivity index (χ4n) is 1.32. The summed E-state index contributed by atoms with van der Waals surface area (Å²) >= 11 is 0. The Hall–Kier alpha value is -2.30. The first-order valence-electron chi connectivity index (χ1n) is 5.45. The minimum Gasteiger partial charge on any atom is -0.495 e. The molecule has 0 aliphatic heterocycles. The lowest BCUT2D eigenvalue weighted by molar-refractivity contribution is -0.131. The van der Waals surface area contributed by atoms with E-state index in [1.165, 1.54) is 13.2 Å². The zero-order chi connectivity index (χ0) is 13.5. The predicted molar refractivity (Wildman–Crippen MR) is 68.6 cm³/mol. The fourth-order valence-corrected chi connectivity index (χ4v) is 1.32. The van der Waals surface area contributed by atoms with Gasteiger partial charge in [0, 0.05) is 12.5 Å². The van der Waals surface area contributed by atoms with Gasteiger partial charge in [-0.15, -0.1) is 0 Å². The van der Waals surface area contributed by atoms with Crippen LogP contribution in [0.4, 0.5) is 5.69 Å². The molecule has 1 rings (SSSR count). The van der Waals surface area contributed by atoms with Crippen LogP contribution in [0.5, 0.6) is 5.75 Å². The number of rotatable bonds is 5. The molecule has 2 N–H and O–H groups in total. The predicted octanol–water partition coefficient (Wildman–Crippen LogP) is 2.14. The minimum atomic E-state index is -1.02. The molecule has 0 bridgehead atoms. The van der Waals surface area contributed by atoms with Crippen molar-refractivity contribution < 1.29 is 19.4 Å². The van der Waals surface area contributed by atoms with Crippen molar-refractivity contribution in [2.75, 3.05) is 12.4 Å². The maximum absolute atomic E-state index is 11.3. The van der Waals surface area contributed by atoms with Gasteiger partial charge >= 0.3 is 5.97 Å². The van der Waals surface area contributed by atoms with Gasteiger partial charge in [-0.05, 0) is 23.8 Å². The SMILES string of the molecule is CCC(=O)Nc1ccc(/C=C/C(=O)O)cc1OC. The van der Waals surface area contributed by atoms with E-state index in [0.29, 0.717) is 23.4 Å². The molecule has 1 aromatic carbocycles. The number of hydrogen-bond donors (Lipinski definition) is 2. The van der Waals surface area contributed by atoms with E-state index in [0.717, 1.165) is 6.08 Å². The number of carbonyl (C=O) groups excluding carboxylic acids is 1. The molecule has 0 aromatic heterocycles. The summed E-state index contributed by atoms with van der Waals surface area (Å²) in [6.45, 7) is 1.76. The van der Waals surface area contributed by atoms with Crippen LogP contribution in [0.3, 0.4) is 0 Å². The summed E-state index contributed by atoms with van der Waals surface area (Å²) in [6, 6.07) is 5.03. The summed E-state index contributed by atoms with van der Waals surface area (Å²) in [7, 11) is 1.49. The number of amides is 1. The molecule has 0 spiro atoms. The number of hydrogen-bond acceptors (Lipinski definition) is 3. The topological polar surface area (TPSA) is 75.6 Å². The van der Waals surface area contributed by atoms with Crippen LogP contribution in [-0.4, -0.2) is 24.1 Å². The van der Waals surface area contributed by atoms with E-state index in [1.807, 2.05) is 0 Å². The molecule has 96 valence electrons. The number of nitrogens with one attached hydrogen (secondary N) is 1. The van der Waals surface area contributed by atoms with Gasteiger partial charge in [-0.2, -0.15) is 0 Å². The Labute approximate surface area is 105 Å². The quantitative estimate of drug-likeness (QED) is 0.784. The number of methoxy groups -OCH3 is 1. The van der Waals surface area contributed by atoms with Crippen LogP contribution in [0.25, 0.3) is 6.08 Å². The second-order valence-corrected chi connectivity index (χ2v) is 3.53. The first-order chi connectivity index (χ1) is 8.56. The van der Waals surface area contributed by atoms with E-state index in [9.17, 15) is 9.59 Å². The van der Waals surface area contributed by atoms with E-state index in [2.05, 4.69) is 5.32 Å². The first kappa shape index (κ1) is 13.8. The van der Waals surface area contributed by atoms with Gasteiger partial charge in [0.25, 0.3) is 0 Å². The number of anilines is 1. The summed E-state index contributed by atoms with van der Waals surface area (Å²) in [5.74, 6) is -0.635. The number of carboxylic acids is 1. The van der Waals surface area contributed by atoms with Gasteiger partial charge in [-0.25, -0.2) is 4.79 Å². The Morgan fingerprint density at radius 2 is 2.17 bits per heavy atom. The van der Waals surface area contributed by atoms with Crippen molar-refractivity contribution in [3.05, 3.63) is 29.8 Å². The van der Waals surface area contributed by atoms with Crippen molar-refractivity contribution in [1.82, 2.24) is 0 Å². The molecule has 1 amide bonds. The average molecular weight is 249 g/mol. The molecule has 0 atom stereocenters. The van der Waals surface area contributed by atoms with Gasteiger partial charge in [-0.1, -0.05) is 13.0 Å². The summed E-state index contributed by atoms with van der Waals surface area (Å²) in [4.78, 5) is 21.7. The molecule has 0 unspecified atom stereocenters. The monoisotopic (exact) mass is 249 g/mol. The molecule has 0 aliphatic carbocycles. The number of aliphatic carboxylic acids is 1. The number of benzene rings is 1. The summed E-state index contributed by atoms with van der Waals surface area (Å²) in [6.07, 6.45) is 2.87. The smallest absolute Gasteiger partial charge is 0.328 e. The van der Waals surface area contributed by atoms with Gasteiger partial charge < -0.3 is 15.2 Å². The van der Waals surface area contributed by atoms with Crippen LogP contribution >= 0.6 is 0 Å². The molecule has 5 nitrogen and oxygen atoms in total. The lowest BCUT2D eigenvalue weighted by Gasteiger charge is -2.10. The molecular formula is C13H15NO4. The highest BCUT2D eigenvalue weighted by atomic mass is 16.5. The van der Waals surface area contributed by atoms with E-state index in [1.54, 1.807) is 25.1 Å². The number of ether oxygens (including phenoxy) is 1. The Morgan fingerprint density at radius 1 is 1.44 bits per heavy atom. The van der Waals surface area contributed by atoms with Gasteiger partial charge in [0.05, 0.1) is 12.8 Å². The highest BCUT2D eigenvalue weighted by Crippen LogP contribution is 2.26. The average Bonchev–Trinajstić information content (AvgIpc) is 2.37. The second kappa shape index (κ2) is 6.44. The van der Waals surface area contributed by atoms with Crippen LogP contribution in [0.2, 0.25) is 0 Å². The summed E-state index contributed by atoms with van der Waals surface area (Å²) in [5, 5.41) is 11.2. The van der Waals surface area contributed by atoms with Gasteiger partial charge in [0.15, 0.2) is 0 Å². The molecule has 0 heterocycles. The lowest BCUT2D eigenvalue weighted by Crippen LogP contribution is -2.10. The van der Waals surface area contributed by atoms with Crippen LogP contribution in [0.15, 0.2) is 24.3 Å². The van der Waals surface area contributed by atoms with E-state index >= 15 is 0 Å². The minimum absolute atomic E-state index is 0.109. The van der Waals surface area contributed by atoms with Gasteiger partial charge in [0.1, 0.15) is 5.75 Å². The van der Waals surface area contributed by atoms with Crippen LogP contribution in [-0.2, 0) is 9.59 Å². The maximum atomic E-state index is 11.3. The van der Waals surface area contributed by atoms with E-state index < -0.39 is 5.97 Å². The molecule has 0 fully saturated rings. The highest BCUT2D eigenvalue weighted by molar-refractivity contribution is 5.92. The Balaban J connectivity index is 2.96. The van der Waals surface area contributed by atoms with Gasteiger partial charge in [-0.3, -0.25) is 4.79 Å². The first-order valence-corrected chi connectivity index (χ1v) is 5.45. The highest BCUT2D eigenvalue weighted by Gasteiger charge is 2.06. The Bertz CT molecular complexity index is 480. The molecule has 0 radical (unpaired) electrons. The largest absolute Gasteiger partial charge is 0.495 e. The second-order valence-electron chi connectivity index (χ2n) is 3.53. The third-order valence-corrected chi connectivity index (χ3v) is 2.24. The molecule has 1 aromatic rings. The molecule has 18 heavy (non-hydrogen) atoms. The van der Waals surface area contributed by atoms with E-state index in [4.69, 9.17) is 9.84 Å². The Morgan fingerprint density at radius 3 is 2.72 bits per heavy atom. The van der Waals surface area contributed by atoms with Crippen molar-refractivity contribution in [3.63, 3.8) is 0 Å². The number of carboxylic acid groups (broad SMARTS) is 1. The standard InChI is InChI=1S/C13H15NO4/c1-3-12(15)14-10-6-4-9(5-7-13(16)17)8-11(10)18-2/h4-8H,3H2,1-2H3,(H,14,15)(H,16,17)/b7-5+. The van der Waals surface area contributed by atoms with Crippen LogP contribution in [0.1, 0.15) is 18.9 Å². The van der Waals surface area contributed by atoms with Crippen molar-refractivity contribution in [3.8, 4) is 5.75 Å². The maximum Gasteiger partial charge on any atom is 0.328 e. The molecule has 0 aliphatic rings. The molecule has 0 saturated carbocycles. The van der Waals surface area contributed by atoms with Crippen molar-refractivity contribution >= 4 is 23.6 Å². The zero-order valence-electron chi connectivity index (χ0n) is 10.3.